The molecule has 0 aliphatic heterocycles. The first-order valence-corrected chi connectivity index (χ1v) is 9.28. The number of carbonyl (C=O) groups excluding carboxylic acids is 1. The molecule has 0 fully saturated rings. The number of benzene rings is 2. The molecule has 0 atom stereocenters. The number of methoxy groups -OCH3 is 1. The summed E-state index contributed by atoms with van der Waals surface area (Å²) < 4.78 is 11.8. The van der Waals surface area contributed by atoms with Crippen molar-refractivity contribution in [3.8, 4) is 11.4 Å². The number of hydrogen-bond acceptors (Lipinski definition) is 5. The number of para-hydroxylation sites is 3. The van der Waals surface area contributed by atoms with E-state index in [1.807, 2.05) is 49.4 Å². The van der Waals surface area contributed by atoms with Gasteiger partial charge in [0.05, 0.1) is 42.8 Å². The molecule has 1 heterocycles. The third kappa shape index (κ3) is 4.45. The van der Waals surface area contributed by atoms with Gasteiger partial charge in [0.2, 0.25) is 0 Å². The van der Waals surface area contributed by atoms with E-state index in [2.05, 4.69) is 10.1 Å². The minimum absolute atomic E-state index is 0.0686. The lowest BCUT2D eigenvalue weighted by molar-refractivity contribution is -0.139. The van der Waals surface area contributed by atoms with Gasteiger partial charge in [0.1, 0.15) is 11.4 Å². The molecule has 0 saturated heterocycles. The molecule has 2 aromatic carbocycles. The number of nitrogens with one attached hydrogen (secondary N) is 1. The summed E-state index contributed by atoms with van der Waals surface area (Å²) in [6, 6.07) is 16.5. The summed E-state index contributed by atoms with van der Waals surface area (Å²) in [6.45, 7) is 4.14. The fourth-order valence-electron chi connectivity index (χ4n) is 3.02. The van der Waals surface area contributed by atoms with Gasteiger partial charge in [-0.2, -0.15) is 0 Å². The molecule has 0 radical (unpaired) electrons. The van der Waals surface area contributed by atoms with Gasteiger partial charge < -0.3 is 9.47 Å². The molecule has 3 aromatic rings. The summed E-state index contributed by atoms with van der Waals surface area (Å²) >= 11 is 0. The largest absolute Gasteiger partial charge is 0.492 e. The van der Waals surface area contributed by atoms with Crippen molar-refractivity contribution in [3.05, 3.63) is 76.2 Å². The second-order valence-corrected chi connectivity index (χ2v) is 6.29. The van der Waals surface area contributed by atoms with Gasteiger partial charge in [-0.15, -0.1) is 0 Å². The Kier molecular flexibility index (Phi) is 6.29. The van der Waals surface area contributed by atoms with E-state index in [1.54, 1.807) is 19.1 Å². The van der Waals surface area contributed by atoms with E-state index in [0.29, 0.717) is 40.7 Å². The van der Waals surface area contributed by atoms with Gasteiger partial charge in [-0.3, -0.25) is 14.7 Å². The fourth-order valence-corrected chi connectivity index (χ4v) is 3.02. The van der Waals surface area contributed by atoms with Crippen LogP contribution < -0.4 is 10.3 Å². The molecule has 0 bridgehead atoms. The first-order chi connectivity index (χ1) is 14.0. The van der Waals surface area contributed by atoms with E-state index < -0.39 is 5.97 Å². The summed E-state index contributed by atoms with van der Waals surface area (Å²) in [5.74, 6) is 0.179. The molecule has 0 aliphatic rings. The number of hydrogen-bond donors (Lipinski definition) is 1. The molecule has 150 valence electrons. The van der Waals surface area contributed by atoms with E-state index in [4.69, 9.17) is 9.47 Å². The molecule has 0 amide bonds. The molecule has 3 rings (SSSR count). The van der Waals surface area contributed by atoms with Gasteiger partial charge in [-0.05, 0) is 38.1 Å². The summed E-state index contributed by atoms with van der Waals surface area (Å²) in [5, 5.41) is 3.03. The second kappa shape index (κ2) is 9.05. The Morgan fingerprint density at radius 1 is 1.10 bits per heavy atom. The normalized spacial score (nSPS) is 11.3. The van der Waals surface area contributed by atoms with Crippen molar-refractivity contribution in [2.24, 2.45) is 4.99 Å². The number of carbonyl (C=O) groups is 1. The average Bonchev–Trinajstić information content (AvgIpc) is 3.06. The zero-order valence-electron chi connectivity index (χ0n) is 16.6. The van der Waals surface area contributed by atoms with E-state index in [-0.39, 0.29) is 12.0 Å². The van der Waals surface area contributed by atoms with Crippen LogP contribution in [0.1, 0.15) is 25.1 Å². The minimum Gasteiger partial charge on any atom is -0.492 e. The minimum atomic E-state index is -0.449. The Morgan fingerprint density at radius 3 is 2.48 bits per heavy atom. The third-order valence-electron chi connectivity index (χ3n) is 4.34. The van der Waals surface area contributed by atoms with Crippen LogP contribution in [-0.4, -0.2) is 35.2 Å². The monoisotopic (exact) mass is 393 g/mol. The van der Waals surface area contributed by atoms with Crippen LogP contribution in [-0.2, 0) is 16.0 Å². The molecule has 7 heteroatoms. The molecule has 7 nitrogen and oxygen atoms in total. The number of esters is 1. The highest BCUT2D eigenvalue weighted by atomic mass is 16.5. The van der Waals surface area contributed by atoms with Gasteiger partial charge in [0, 0.05) is 0 Å². The van der Waals surface area contributed by atoms with Gasteiger partial charge in [0.15, 0.2) is 0 Å². The Labute approximate surface area is 168 Å². The molecule has 0 saturated carbocycles. The van der Waals surface area contributed by atoms with Gasteiger partial charge >= 0.3 is 5.97 Å². The fraction of sp³-hybridized carbons (Fsp3) is 0.227. The molecule has 0 spiro atoms. The van der Waals surface area contributed by atoms with Crippen LogP contribution in [0.25, 0.3) is 5.69 Å². The van der Waals surface area contributed by atoms with Gasteiger partial charge in [-0.1, -0.05) is 30.3 Å². The van der Waals surface area contributed by atoms with E-state index in [0.717, 1.165) is 0 Å². The third-order valence-corrected chi connectivity index (χ3v) is 4.34. The SMILES string of the molecule is CCOc1ccccc1N=C(C)c1c(CC(=O)OC)[nH]n(-c2ccccc2)c1=O. The number of aromatic amines is 1. The van der Waals surface area contributed by atoms with Crippen molar-refractivity contribution in [3.63, 3.8) is 0 Å². The van der Waals surface area contributed by atoms with Crippen LogP contribution in [0.2, 0.25) is 0 Å². The highest BCUT2D eigenvalue weighted by Crippen LogP contribution is 2.27. The lowest BCUT2D eigenvalue weighted by Gasteiger charge is -2.07. The van der Waals surface area contributed by atoms with Crippen LogP contribution >= 0.6 is 0 Å². The van der Waals surface area contributed by atoms with E-state index >= 15 is 0 Å². The van der Waals surface area contributed by atoms with E-state index in [9.17, 15) is 9.59 Å². The van der Waals surface area contributed by atoms with Crippen LogP contribution in [0.5, 0.6) is 5.75 Å². The van der Waals surface area contributed by atoms with Crippen molar-refractivity contribution in [1.82, 2.24) is 9.78 Å². The molecule has 29 heavy (non-hydrogen) atoms. The predicted molar refractivity (Wildman–Crippen MR) is 112 cm³/mol. The smallest absolute Gasteiger partial charge is 0.311 e. The van der Waals surface area contributed by atoms with Crippen molar-refractivity contribution < 1.29 is 14.3 Å². The average molecular weight is 393 g/mol. The zero-order valence-corrected chi connectivity index (χ0v) is 16.6. The molecule has 0 aliphatic carbocycles. The van der Waals surface area contributed by atoms with Crippen LogP contribution in [0.3, 0.4) is 0 Å². The Morgan fingerprint density at radius 2 is 1.79 bits per heavy atom. The number of aromatic nitrogens is 2. The predicted octanol–water partition coefficient (Wildman–Crippen LogP) is 3.42. The van der Waals surface area contributed by atoms with Crippen molar-refractivity contribution in [2.75, 3.05) is 13.7 Å². The van der Waals surface area contributed by atoms with Gasteiger partial charge in [-0.25, -0.2) is 9.67 Å². The summed E-state index contributed by atoms with van der Waals surface area (Å²) in [4.78, 5) is 29.7. The van der Waals surface area contributed by atoms with Crippen LogP contribution in [0.4, 0.5) is 5.69 Å². The van der Waals surface area contributed by atoms with Crippen molar-refractivity contribution in [1.29, 1.82) is 0 Å². The zero-order chi connectivity index (χ0) is 20.8. The number of nitrogens with zero attached hydrogens (tertiary/aromatic N) is 2. The number of ether oxygens (including phenoxy) is 2. The highest BCUT2D eigenvalue weighted by molar-refractivity contribution is 6.02. The molecule has 0 unspecified atom stereocenters. The number of H-pyrrole nitrogens is 1. The summed E-state index contributed by atoms with van der Waals surface area (Å²) in [7, 11) is 1.31. The first-order valence-electron chi connectivity index (χ1n) is 9.28. The molecular weight excluding hydrogens is 370 g/mol. The van der Waals surface area contributed by atoms with Crippen LogP contribution in [0.15, 0.2) is 64.4 Å². The lowest BCUT2D eigenvalue weighted by atomic mass is 10.1. The van der Waals surface area contributed by atoms with Gasteiger partial charge in [0.25, 0.3) is 5.56 Å². The summed E-state index contributed by atoms with van der Waals surface area (Å²) in [5.41, 5.74) is 2.25. The number of rotatable bonds is 7. The molecule has 1 aromatic heterocycles. The highest BCUT2D eigenvalue weighted by Gasteiger charge is 2.20. The quantitative estimate of drug-likeness (QED) is 0.492. The maximum atomic E-state index is 13.2. The second-order valence-electron chi connectivity index (χ2n) is 6.29. The topological polar surface area (TPSA) is 85.7 Å². The molecule has 1 N–H and O–H groups in total. The number of aliphatic imine (C=N–C) groups is 1. The van der Waals surface area contributed by atoms with Crippen molar-refractivity contribution in [2.45, 2.75) is 20.3 Å². The Bertz CT molecular complexity index is 1080. The lowest BCUT2D eigenvalue weighted by Crippen LogP contribution is -2.20. The Hall–Kier alpha value is -3.61. The van der Waals surface area contributed by atoms with Crippen LogP contribution in [0, 0.1) is 0 Å². The van der Waals surface area contributed by atoms with Crippen molar-refractivity contribution >= 4 is 17.4 Å². The first kappa shape index (κ1) is 20.1. The summed E-state index contributed by atoms with van der Waals surface area (Å²) in [6.07, 6.45) is -0.0686. The maximum Gasteiger partial charge on any atom is 0.311 e. The maximum absolute atomic E-state index is 13.2. The molecular formula is C22H23N3O4. The Balaban J connectivity index is 2.13. The van der Waals surface area contributed by atoms with E-state index in [1.165, 1.54) is 11.8 Å². The standard InChI is InChI=1S/C22H23N3O4/c1-4-29-19-13-9-8-12-17(19)23-15(2)21-18(14-20(26)28-3)24-25(22(21)27)16-10-6-5-7-11-16/h5-13,24H,4,14H2,1-3H3.